The Morgan fingerprint density at radius 2 is 1.85 bits per heavy atom. The van der Waals surface area contributed by atoms with Gasteiger partial charge in [-0.2, -0.15) is 5.10 Å². The van der Waals surface area contributed by atoms with Crippen LogP contribution in [-0.4, -0.2) is 67.9 Å². The summed E-state index contributed by atoms with van der Waals surface area (Å²) in [7, 11) is 5.59. The fourth-order valence-corrected chi connectivity index (χ4v) is 2.36. The standard InChI is InChI=1S/C15H22N6O2.CH2O2/c1-11-13(9-21(4)18-11)8-19(2)7-12-5-16-15(17-6-12)20(3)10-14(22)23;2-1-3/h5-6,9H,7-8,10H2,1-4H3,(H,22,23);1H,(H,2,3). The van der Waals surface area contributed by atoms with Crippen molar-refractivity contribution >= 4 is 18.4 Å². The minimum atomic E-state index is -0.910. The first kappa shape index (κ1) is 21.0. The number of aliphatic carboxylic acids is 1. The second-order valence-corrected chi connectivity index (χ2v) is 5.83. The molecule has 0 fully saturated rings. The van der Waals surface area contributed by atoms with Gasteiger partial charge >= 0.3 is 5.97 Å². The van der Waals surface area contributed by atoms with Crippen LogP contribution < -0.4 is 4.90 Å². The molecule has 142 valence electrons. The first-order valence-corrected chi connectivity index (χ1v) is 7.76. The average molecular weight is 364 g/mol. The summed E-state index contributed by atoms with van der Waals surface area (Å²) in [6.07, 6.45) is 5.48. The van der Waals surface area contributed by atoms with Gasteiger partial charge in [-0.05, 0) is 14.0 Å². The minimum absolute atomic E-state index is 0.125. The topological polar surface area (TPSA) is 125 Å². The number of aromatic nitrogens is 4. The quantitative estimate of drug-likeness (QED) is 0.670. The molecule has 0 unspecified atom stereocenters. The van der Waals surface area contributed by atoms with Gasteiger partial charge in [0.15, 0.2) is 0 Å². The molecule has 10 heteroatoms. The molecule has 0 bridgehead atoms. The third-order valence-electron chi connectivity index (χ3n) is 3.41. The van der Waals surface area contributed by atoms with Gasteiger partial charge in [0.1, 0.15) is 6.54 Å². The smallest absolute Gasteiger partial charge is 0.323 e. The largest absolute Gasteiger partial charge is 0.483 e. The Morgan fingerprint density at radius 1 is 1.27 bits per heavy atom. The Kier molecular flexibility index (Phi) is 8.16. The van der Waals surface area contributed by atoms with Crippen molar-refractivity contribution in [3.63, 3.8) is 0 Å². The number of likely N-dealkylation sites (N-methyl/N-ethyl adjacent to an activating group) is 1. The number of rotatable bonds is 7. The van der Waals surface area contributed by atoms with Gasteiger partial charge < -0.3 is 15.1 Å². The molecule has 2 rings (SSSR count). The van der Waals surface area contributed by atoms with E-state index in [1.807, 2.05) is 31.9 Å². The molecule has 0 amide bonds. The van der Waals surface area contributed by atoms with E-state index < -0.39 is 5.97 Å². The average Bonchev–Trinajstić information content (AvgIpc) is 2.85. The minimum Gasteiger partial charge on any atom is -0.483 e. The Balaban J connectivity index is 0.00000105. The summed E-state index contributed by atoms with van der Waals surface area (Å²) in [5.74, 6) is -0.506. The van der Waals surface area contributed by atoms with E-state index in [1.54, 1.807) is 19.4 Å². The third-order valence-corrected chi connectivity index (χ3v) is 3.41. The summed E-state index contributed by atoms with van der Waals surface area (Å²) in [6.45, 7) is 3.12. The maximum absolute atomic E-state index is 10.7. The van der Waals surface area contributed by atoms with E-state index in [0.717, 1.165) is 17.8 Å². The van der Waals surface area contributed by atoms with Gasteiger partial charge in [0.05, 0.1) is 5.69 Å². The van der Waals surface area contributed by atoms with Gasteiger partial charge in [0.25, 0.3) is 6.47 Å². The van der Waals surface area contributed by atoms with Crippen molar-refractivity contribution < 1.29 is 19.8 Å². The van der Waals surface area contributed by atoms with Crippen LogP contribution in [0.1, 0.15) is 16.8 Å². The van der Waals surface area contributed by atoms with E-state index in [-0.39, 0.29) is 13.0 Å². The van der Waals surface area contributed by atoms with Gasteiger partial charge in [-0.25, -0.2) is 9.97 Å². The molecule has 2 heterocycles. The van der Waals surface area contributed by atoms with Crippen LogP contribution in [0.3, 0.4) is 0 Å². The molecular formula is C16H24N6O4. The Morgan fingerprint density at radius 3 is 2.31 bits per heavy atom. The molecule has 2 aromatic heterocycles. The van der Waals surface area contributed by atoms with Crippen LogP contribution in [0.4, 0.5) is 5.95 Å². The second kappa shape index (κ2) is 10.1. The van der Waals surface area contributed by atoms with E-state index in [9.17, 15) is 4.79 Å². The Hall–Kier alpha value is -3.01. The highest BCUT2D eigenvalue weighted by Gasteiger charge is 2.10. The monoisotopic (exact) mass is 364 g/mol. The van der Waals surface area contributed by atoms with E-state index in [2.05, 4.69) is 20.0 Å². The molecule has 2 aromatic rings. The predicted molar refractivity (Wildman–Crippen MR) is 94.7 cm³/mol. The number of aryl methyl sites for hydroxylation is 2. The molecule has 0 saturated carbocycles. The molecule has 0 aliphatic rings. The summed E-state index contributed by atoms with van der Waals surface area (Å²) >= 11 is 0. The molecule has 26 heavy (non-hydrogen) atoms. The van der Waals surface area contributed by atoms with E-state index >= 15 is 0 Å². The van der Waals surface area contributed by atoms with Crippen molar-refractivity contribution in [2.45, 2.75) is 20.0 Å². The van der Waals surface area contributed by atoms with Crippen LogP contribution in [0, 0.1) is 6.92 Å². The molecule has 0 spiro atoms. The molecule has 0 saturated heterocycles. The Bertz CT molecular complexity index is 716. The molecule has 0 aromatic carbocycles. The van der Waals surface area contributed by atoms with Crippen molar-refractivity contribution in [1.29, 1.82) is 0 Å². The van der Waals surface area contributed by atoms with E-state index in [4.69, 9.17) is 15.0 Å². The highest BCUT2D eigenvalue weighted by molar-refractivity contribution is 5.72. The van der Waals surface area contributed by atoms with Crippen molar-refractivity contribution in [2.75, 3.05) is 25.5 Å². The number of anilines is 1. The van der Waals surface area contributed by atoms with E-state index in [1.165, 1.54) is 10.5 Å². The lowest BCUT2D eigenvalue weighted by atomic mass is 10.2. The molecular weight excluding hydrogens is 340 g/mol. The van der Waals surface area contributed by atoms with Gasteiger partial charge in [0, 0.05) is 56.9 Å². The van der Waals surface area contributed by atoms with Crippen LogP contribution in [0.25, 0.3) is 0 Å². The molecule has 0 aliphatic heterocycles. The lowest BCUT2D eigenvalue weighted by molar-refractivity contribution is -0.135. The van der Waals surface area contributed by atoms with Crippen molar-refractivity contribution in [3.8, 4) is 0 Å². The van der Waals surface area contributed by atoms with Crippen molar-refractivity contribution in [1.82, 2.24) is 24.6 Å². The molecule has 10 nitrogen and oxygen atoms in total. The lowest BCUT2D eigenvalue weighted by Gasteiger charge is -2.17. The first-order chi connectivity index (χ1) is 12.3. The van der Waals surface area contributed by atoms with E-state index in [0.29, 0.717) is 12.5 Å². The zero-order valence-electron chi connectivity index (χ0n) is 15.3. The van der Waals surface area contributed by atoms with Crippen LogP contribution >= 0.6 is 0 Å². The fraction of sp³-hybridized carbons (Fsp3) is 0.438. The van der Waals surface area contributed by atoms with Gasteiger partial charge in [-0.1, -0.05) is 0 Å². The highest BCUT2D eigenvalue weighted by atomic mass is 16.4. The number of hydrogen-bond donors (Lipinski definition) is 2. The number of carboxylic acid groups (broad SMARTS) is 2. The van der Waals surface area contributed by atoms with Crippen molar-refractivity contribution in [2.24, 2.45) is 7.05 Å². The zero-order chi connectivity index (χ0) is 19.7. The number of hydrogen-bond acceptors (Lipinski definition) is 7. The summed E-state index contributed by atoms with van der Waals surface area (Å²) in [4.78, 5) is 31.1. The fourth-order valence-electron chi connectivity index (χ4n) is 2.36. The highest BCUT2D eigenvalue weighted by Crippen LogP contribution is 2.11. The molecule has 0 aliphatic carbocycles. The lowest BCUT2D eigenvalue weighted by Crippen LogP contribution is -2.27. The third kappa shape index (κ3) is 6.85. The van der Waals surface area contributed by atoms with Crippen LogP contribution in [0.15, 0.2) is 18.6 Å². The summed E-state index contributed by atoms with van der Waals surface area (Å²) in [5, 5.41) is 20.0. The molecule has 2 N–H and O–H groups in total. The molecule has 0 atom stereocenters. The maximum Gasteiger partial charge on any atom is 0.323 e. The summed E-state index contributed by atoms with van der Waals surface area (Å²) in [5.41, 5.74) is 3.19. The van der Waals surface area contributed by atoms with Gasteiger partial charge in [0.2, 0.25) is 5.95 Å². The Labute approximate surface area is 151 Å². The predicted octanol–water partition coefficient (Wildman–Crippen LogP) is 0.372. The van der Waals surface area contributed by atoms with Crippen molar-refractivity contribution in [3.05, 3.63) is 35.4 Å². The SMILES string of the molecule is Cc1nn(C)cc1CN(C)Cc1cnc(N(C)CC(=O)O)nc1.O=CO. The van der Waals surface area contributed by atoms with Crippen LogP contribution in [0.5, 0.6) is 0 Å². The number of nitrogens with zero attached hydrogens (tertiary/aromatic N) is 6. The normalized spacial score (nSPS) is 10.2. The number of carboxylic acids is 1. The molecule has 0 radical (unpaired) electrons. The van der Waals surface area contributed by atoms with Gasteiger partial charge in [-0.15, -0.1) is 0 Å². The second-order valence-electron chi connectivity index (χ2n) is 5.83. The maximum atomic E-state index is 10.7. The summed E-state index contributed by atoms with van der Waals surface area (Å²) in [6, 6.07) is 0. The van der Waals surface area contributed by atoms with Gasteiger partial charge in [-0.3, -0.25) is 19.2 Å². The first-order valence-electron chi connectivity index (χ1n) is 7.76. The number of carbonyl (C=O) groups is 2. The zero-order valence-corrected chi connectivity index (χ0v) is 15.3. The summed E-state index contributed by atoms with van der Waals surface area (Å²) < 4.78 is 1.81. The van der Waals surface area contributed by atoms with Crippen LogP contribution in [0.2, 0.25) is 0 Å². The van der Waals surface area contributed by atoms with Crippen LogP contribution in [-0.2, 0) is 29.7 Å².